The van der Waals surface area contributed by atoms with Gasteiger partial charge in [0.1, 0.15) is 5.82 Å². The van der Waals surface area contributed by atoms with E-state index in [1.54, 1.807) is 0 Å². The van der Waals surface area contributed by atoms with E-state index in [1.165, 1.54) is 11.1 Å². The molecule has 1 N–H and O–H groups in total. The van der Waals surface area contributed by atoms with Gasteiger partial charge in [-0.25, -0.2) is 4.98 Å². The van der Waals surface area contributed by atoms with Crippen molar-refractivity contribution in [2.24, 2.45) is 10.9 Å². The molecule has 0 radical (unpaired) electrons. The zero-order valence-electron chi connectivity index (χ0n) is 19.2. The Kier molecular flexibility index (Phi) is 9.59. The molecule has 4 rings (SSSR count). The van der Waals surface area contributed by atoms with Crippen molar-refractivity contribution < 1.29 is 4.74 Å². The number of hydrogen-bond acceptors (Lipinski definition) is 4. The zero-order chi connectivity index (χ0) is 21.5. The summed E-state index contributed by atoms with van der Waals surface area (Å²) in [5.74, 6) is 2.50. The molecule has 174 valence electrons. The Morgan fingerprint density at radius 3 is 2.59 bits per heavy atom. The summed E-state index contributed by atoms with van der Waals surface area (Å²) in [6.07, 6.45) is 4.28. The predicted molar refractivity (Wildman–Crippen MR) is 142 cm³/mol. The molecule has 2 aliphatic heterocycles. The van der Waals surface area contributed by atoms with Crippen LogP contribution in [-0.2, 0) is 4.74 Å². The zero-order valence-corrected chi connectivity index (χ0v) is 21.6. The fraction of sp³-hybridized carbons (Fsp3) is 0.520. The average molecular weight is 550 g/mol. The first-order valence-electron chi connectivity index (χ1n) is 11.6. The van der Waals surface area contributed by atoms with Crippen molar-refractivity contribution in [2.75, 3.05) is 50.8 Å². The Morgan fingerprint density at radius 2 is 1.91 bits per heavy atom. The van der Waals surface area contributed by atoms with E-state index in [0.29, 0.717) is 5.92 Å². The van der Waals surface area contributed by atoms with Gasteiger partial charge in [-0.3, -0.25) is 4.99 Å². The highest BCUT2D eigenvalue weighted by atomic mass is 127. The Balaban J connectivity index is 0.00000289. The highest BCUT2D eigenvalue weighted by Crippen LogP contribution is 2.34. The number of halogens is 1. The number of ether oxygens (including phenoxy) is 1. The van der Waals surface area contributed by atoms with Gasteiger partial charge in [0.25, 0.3) is 0 Å². The number of aromatic nitrogens is 1. The van der Waals surface area contributed by atoms with Gasteiger partial charge in [0.05, 0.1) is 6.10 Å². The van der Waals surface area contributed by atoms with Crippen molar-refractivity contribution in [3.63, 3.8) is 0 Å². The van der Waals surface area contributed by atoms with Gasteiger partial charge >= 0.3 is 0 Å². The molecule has 0 amide bonds. The van der Waals surface area contributed by atoms with E-state index in [0.717, 1.165) is 70.5 Å². The highest BCUT2D eigenvalue weighted by Gasteiger charge is 2.28. The van der Waals surface area contributed by atoms with Crippen LogP contribution >= 0.6 is 24.0 Å². The number of pyridine rings is 1. The topological polar surface area (TPSA) is 53.0 Å². The maximum atomic E-state index is 6.20. The first-order chi connectivity index (χ1) is 15.2. The van der Waals surface area contributed by atoms with Crippen molar-refractivity contribution in [1.82, 2.24) is 15.2 Å². The van der Waals surface area contributed by atoms with Gasteiger partial charge in [-0.2, -0.15) is 0 Å². The van der Waals surface area contributed by atoms with Gasteiger partial charge < -0.3 is 19.9 Å². The van der Waals surface area contributed by atoms with Gasteiger partial charge in [-0.1, -0.05) is 35.9 Å². The lowest BCUT2D eigenvalue weighted by molar-refractivity contribution is -0.0250. The van der Waals surface area contributed by atoms with E-state index in [9.17, 15) is 0 Å². The second-order valence-corrected chi connectivity index (χ2v) is 8.46. The lowest BCUT2D eigenvalue weighted by Gasteiger charge is -2.37. The molecule has 1 aromatic carbocycles. The Morgan fingerprint density at radius 1 is 1.12 bits per heavy atom. The molecule has 2 atom stereocenters. The number of nitrogens with one attached hydrogen (secondary N) is 1. The molecule has 0 spiro atoms. The second-order valence-electron chi connectivity index (χ2n) is 8.46. The monoisotopic (exact) mass is 549 g/mol. The first-order valence-corrected chi connectivity index (χ1v) is 11.6. The van der Waals surface area contributed by atoms with Crippen LogP contribution in [0.1, 0.15) is 37.0 Å². The van der Waals surface area contributed by atoms with Crippen molar-refractivity contribution in [2.45, 2.75) is 32.8 Å². The SMILES string of the molecule is CCNC(=NCC1CCCOC1c1ccc(C)cc1)N1CCN(c2ccccn2)CC1.I. The fourth-order valence-corrected chi connectivity index (χ4v) is 4.47. The van der Waals surface area contributed by atoms with Gasteiger partial charge in [0.2, 0.25) is 0 Å². The van der Waals surface area contributed by atoms with Crippen LogP contribution in [0, 0.1) is 12.8 Å². The van der Waals surface area contributed by atoms with Gasteiger partial charge in [-0.05, 0) is 44.4 Å². The molecule has 2 aromatic rings. The van der Waals surface area contributed by atoms with Crippen LogP contribution in [0.25, 0.3) is 0 Å². The molecule has 0 saturated carbocycles. The normalized spacial score (nSPS) is 21.8. The number of hydrogen-bond donors (Lipinski definition) is 1. The van der Waals surface area contributed by atoms with Crippen LogP contribution in [0.15, 0.2) is 53.7 Å². The maximum Gasteiger partial charge on any atom is 0.194 e. The molecule has 2 unspecified atom stereocenters. The minimum atomic E-state index is 0. The molecule has 0 aliphatic carbocycles. The molecule has 6 nitrogen and oxygen atoms in total. The minimum absolute atomic E-state index is 0. The lowest BCUT2D eigenvalue weighted by Crippen LogP contribution is -2.53. The van der Waals surface area contributed by atoms with E-state index < -0.39 is 0 Å². The van der Waals surface area contributed by atoms with Crippen molar-refractivity contribution in [1.29, 1.82) is 0 Å². The Bertz CT molecular complexity index is 837. The van der Waals surface area contributed by atoms with E-state index in [2.05, 4.69) is 70.3 Å². The van der Waals surface area contributed by atoms with Crippen LogP contribution in [-0.4, -0.2) is 61.7 Å². The number of benzene rings is 1. The predicted octanol–water partition coefficient (Wildman–Crippen LogP) is 4.26. The number of aliphatic imine (C=N–C) groups is 1. The number of piperazine rings is 1. The van der Waals surface area contributed by atoms with Crippen molar-refractivity contribution >= 4 is 35.8 Å². The number of nitrogens with zero attached hydrogens (tertiary/aromatic N) is 4. The summed E-state index contributed by atoms with van der Waals surface area (Å²) < 4.78 is 6.20. The molecule has 7 heteroatoms. The smallest absolute Gasteiger partial charge is 0.194 e. The largest absolute Gasteiger partial charge is 0.373 e. The number of anilines is 1. The third kappa shape index (κ3) is 6.34. The Labute approximate surface area is 209 Å². The molecule has 1 aromatic heterocycles. The fourth-order valence-electron chi connectivity index (χ4n) is 4.47. The molecular weight excluding hydrogens is 513 g/mol. The van der Waals surface area contributed by atoms with Crippen LogP contribution in [0.3, 0.4) is 0 Å². The number of guanidine groups is 1. The molecule has 32 heavy (non-hydrogen) atoms. The number of rotatable bonds is 5. The van der Waals surface area contributed by atoms with Crippen LogP contribution in [0.4, 0.5) is 5.82 Å². The molecule has 2 fully saturated rings. The second kappa shape index (κ2) is 12.4. The molecule has 2 saturated heterocycles. The molecule has 3 heterocycles. The van der Waals surface area contributed by atoms with Gasteiger partial charge in [0, 0.05) is 58.0 Å². The lowest BCUT2D eigenvalue weighted by atomic mass is 9.89. The third-order valence-corrected chi connectivity index (χ3v) is 6.21. The van der Waals surface area contributed by atoms with E-state index in [-0.39, 0.29) is 30.1 Å². The van der Waals surface area contributed by atoms with Gasteiger partial charge in [0.15, 0.2) is 5.96 Å². The summed E-state index contributed by atoms with van der Waals surface area (Å²) in [5.41, 5.74) is 2.56. The minimum Gasteiger partial charge on any atom is -0.373 e. The summed E-state index contributed by atoms with van der Waals surface area (Å²) in [4.78, 5) is 14.3. The summed E-state index contributed by atoms with van der Waals surface area (Å²) in [7, 11) is 0. The van der Waals surface area contributed by atoms with Gasteiger partial charge in [-0.15, -0.1) is 24.0 Å². The Hall–Kier alpha value is -1.87. The maximum absolute atomic E-state index is 6.20. The summed E-state index contributed by atoms with van der Waals surface area (Å²) in [6.45, 7) is 10.6. The summed E-state index contributed by atoms with van der Waals surface area (Å²) >= 11 is 0. The molecular formula is C25H36IN5O. The van der Waals surface area contributed by atoms with Crippen LogP contribution in [0.5, 0.6) is 0 Å². The summed E-state index contributed by atoms with van der Waals surface area (Å²) in [5, 5.41) is 3.51. The quantitative estimate of drug-likeness (QED) is 0.343. The molecule has 0 bridgehead atoms. The van der Waals surface area contributed by atoms with E-state index in [1.807, 2.05) is 12.3 Å². The third-order valence-electron chi connectivity index (χ3n) is 6.21. The van der Waals surface area contributed by atoms with Crippen molar-refractivity contribution in [3.05, 3.63) is 59.8 Å². The van der Waals surface area contributed by atoms with E-state index >= 15 is 0 Å². The summed E-state index contributed by atoms with van der Waals surface area (Å²) in [6, 6.07) is 14.9. The molecule has 2 aliphatic rings. The standard InChI is InChI=1S/C25H35N5O.HI/c1-3-26-25(30-16-14-29(15-17-30)23-8-4-5-13-27-23)28-19-22-7-6-18-31-24(22)21-11-9-20(2)10-12-21;/h4-5,8-13,22,24H,3,6-7,14-19H2,1-2H3,(H,26,28);1H. The average Bonchev–Trinajstić information content (AvgIpc) is 2.83. The highest BCUT2D eigenvalue weighted by molar-refractivity contribution is 14.0. The van der Waals surface area contributed by atoms with Crippen LogP contribution in [0.2, 0.25) is 0 Å². The van der Waals surface area contributed by atoms with E-state index in [4.69, 9.17) is 9.73 Å². The van der Waals surface area contributed by atoms with Crippen LogP contribution < -0.4 is 10.2 Å². The van der Waals surface area contributed by atoms with Crippen molar-refractivity contribution in [3.8, 4) is 0 Å². The number of aryl methyl sites for hydroxylation is 1. The first kappa shape index (κ1) is 24.8.